The molecule has 0 aliphatic carbocycles. The molecule has 1 aliphatic rings. The molecule has 5 rings (SSSR count). The number of amides is 1. The minimum absolute atomic E-state index is 0.223. The van der Waals surface area contributed by atoms with Crippen LogP contribution in [0.5, 0.6) is 0 Å². The van der Waals surface area contributed by atoms with Gasteiger partial charge in [-0.3, -0.25) is 4.79 Å². The number of anilines is 1. The van der Waals surface area contributed by atoms with Gasteiger partial charge in [-0.2, -0.15) is 0 Å². The number of halogens is 2. The second-order valence-corrected chi connectivity index (χ2v) is 10.8. The average molecular weight is 578 g/mol. The number of nitrogens with one attached hydrogen (secondary N) is 1. The Morgan fingerprint density at radius 3 is 2.41 bits per heavy atom. The van der Waals surface area contributed by atoms with Crippen LogP contribution in [-0.4, -0.2) is 37.3 Å². The van der Waals surface area contributed by atoms with Crippen molar-refractivity contribution in [1.29, 1.82) is 0 Å². The Kier molecular flexibility index (Phi) is 9.38. The second kappa shape index (κ2) is 12.7. The van der Waals surface area contributed by atoms with Crippen LogP contribution in [0.15, 0.2) is 75.5 Å². The summed E-state index contributed by atoms with van der Waals surface area (Å²) >= 11 is 12.9. The van der Waals surface area contributed by atoms with Crippen LogP contribution >= 0.6 is 50.6 Å². The third-order valence-electron chi connectivity index (χ3n) is 4.76. The first kappa shape index (κ1) is 25.2. The van der Waals surface area contributed by atoms with Gasteiger partial charge >= 0.3 is 0 Å². The molecule has 0 bridgehead atoms. The Morgan fingerprint density at radius 1 is 1.03 bits per heavy atom. The maximum absolute atomic E-state index is 12.4. The number of ether oxygens (including phenoxy) is 2. The molecule has 1 fully saturated rings. The molecule has 176 valence electrons. The van der Waals surface area contributed by atoms with E-state index in [2.05, 4.69) is 38.4 Å². The Hall–Kier alpha value is -1.94. The lowest BCUT2D eigenvalue weighted by atomic mass is 10.2. The highest BCUT2D eigenvalue weighted by Crippen LogP contribution is 2.33. The summed E-state index contributed by atoms with van der Waals surface area (Å²) in [6, 6.07) is 21.0. The summed E-state index contributed by atoms with van der Waals surface area (Å²) in [7, 11) is 0. The molecule has 5 nitrogen and oxygen atoms in total. The van der Waals surface area contributed by atoms with Gasteiger partial charge in [0, 0.05) is 15.9 Å². The van der Waals surface area contributed by atoms with Gasteiger partial charge in [0.1, 0.15) is 0 Å². The Balaban J connectivity index is 0.000000398. The van der Waals surface area contributed by atoms with E-state index in [1.54, 1.807) is 47.4 Å². The molecular formula is C25H22BrClN2O3S2. The molecule has 3 aromatic carbocycles. The van der Waals surface area contributed by atoms with Crippen LogP contribution in [0.1, 0.15) is 15.9 Å². The van der Waals surface area contributed by atoms with Crippen molar-refractivity contribution in [1.82, 2.24) is 4.98 Å². The van der Waals surface area contributed by atoms with E-state index in [9.17, 15) is 4.79 Å². The molecule has 0 spiro atoms. The van der Waals surface area contributed by atoms with Crippen LogP contribution in [0.25, 0.3) is 10.2 Å². The number of hydrogen-bond donors (Lipinski definition) is 1. The van der Waals surface area contributed by atoms with Gasteiger partial charge in [0.2, 0.25) is 0 Å². The molecule has 0 saturated carbocycles. The van der Waals surface area contributed by atoms with Crippen LogP contribution in [-0.2, 0) is 15.2 Å². The molecule has 1 aromatic heterocycles. The zero-order valence-corrected chi connectivity index (χ0v) is 22.1. The van der Waals surface area contributed by atoms with Crippen molar-refractivity contribution < 1.29 is 14.3 Å². The minimum atomic E-state index is -0.223. The number of nitrogens with zero attached hydrogens (tertiary/aromatic N) is 1. The lowest BCUT2D eigenvalue weighted by molar-refractivity contribution is -0.0334. The van der Waals surface area contributed by atoms with Crippen LogP contribution in [0, 0.1) is 0 Å². The molecule has 0 unspecified atom stereocenters. The van der Waals surface area contributed by atoms with E-state index < -0.39 is 0 Å². The normalized spacial score (nSPS) is 13.2. The second-order valence-electron chi connectivity index (χ2n) is 7.24. The molecule has 34 heavy (non-hydrogen) atoms. The minimum Gasteiger partial charge on any atom is -0.377 e. The van der Waals surface area contributed by atoms with Crippen LogP contribution in [0.2, 0.25) is 5.02 Å². The molecule has 1 saturated heterocycles. The molecule has 2 heterocycles. The third-order valence-corrected chi connectivity index (χ3v) is 7.86. The number of aromatic nitrogens is 1. The van der Waals surface area contributed by atoms with E-state index in [4.69, 9.17) is 21.1 Å². The standard InChI is InChI=1S/C21H14BrClN2OS2.C4H8O2/c22-14-7-5-13(6-8-14)12-27-21-25-18-10-9-15(11-19(18)28-21)24-20(26)16-3-1-2-4-17(16)23;1-2-6-4-3-5-1/h1-11H,12H2,(H,24,26);1-4H2. The van der Waals surface area contributed by atoms with Gasteiger partial charge in [0.05, 0.1) is 47.2 Å². The molecule has 1 N–H and O–H groups in total. The zero-order valence-electron chi connectivity index (χ0n) is 18.1. The van der Waals surface area contributed by atoms with Crippen molar-refractivity contribution >= 4 is 72.4 Å². The van der Waals surface area contributed by atoms with Gasteiger partial charge in [0.15, 0.2) is 4.34 Å². The van der Waals surface area contributed by atoms with E-state index in [1.165, 1.54) is 5.56 Å². The predicted molar refractivity (Wildman–Crippen MR) is 144 cm³/mol. The average Bonchev–Trinajstić information content (AvgIpc) is 3.28. The van der Waals surface area contributed by atoms with E-state index >= 15 is 0 Å². The van der Waals surface area contributed by atoms with Gasteiger partial charge < -0.3 is 14.8 Å². The predicted octanol–water partition coefficient (Wildman–Crippen LogP) is 7.29. The van der Waals surface area contributed by atoms with Crippen molar-refractivity contribution in [3.63, 3.8) is 0 Å². The number of benzene rings is 3. The summed E-state index contributed by atoms with van der Waals surface area (Å²) in [5.41, 5.74) is 3.36. The number of thioether (sulfide) groups is 1. The molecule has 0 atom stereocenters. The van der Waals surface area contributed by atoms with Gasteiger partial charge in [-0.25, -0.2) is 4.98 Å². The van der Waals surface area contributed by atoms with Crippen LogP contribution in [0.4, 0.5) is 5.69 Å². The van der Waals surface area contributed by atoms with E-state index in [1.807, 2.05) is 30.3 Å². The number of fused-ring (bicyclic) bond motifs is 1. The number of thiazole rings is 1. The summed E-state index contributed by atoms with van der Waals surface area (Å²) < 4.78 is 13.0. The smallest absolute Gasteiger partial charge is 0.257 e. The third kappa shape index (κ3) is 7.28. The van der Waals surface area contributed by atoms with Crippen LogP contribution in [0.3, 0.4) is 0 Å². The maximum atomic E-state index is 12.4. The number of carbonyl (C=O) groups excluding carboxylic acids is 1. The van der Waals surface area contributed by atoms with Crippen molar-refractivity contribution in [3.05, 3.63) is 87.4 Å². The lowest BCUT2D eigenvalue weighted by Crippen LogP contribution is -2.16. The number of carbonyl (C=O) groups is 1. The summed E-state index contributed by atoms with van der Waals surface area (Å²) in [5, 5.41) is 3.34. The fourth-order valence-electron chi connectivity index (χ4n) is 3.05. The van der Waals surface area contributed by atoms with E-state index in [0.29, 0.717) is 10.6 Å². The first-order chi connectivity index (χ1) is 16.6. The van der Waals surface area contributed by atoms with Crippen molar-refractivity contribution in [2.75, 3.05) is 31.7 Å². The summed E-state index contributed by atoms with van der Waals surface area (Å²) in [6.45, 7) is 3.11. The zero-order chi connectivity index (χ0) is 23.8. The van der Waals surface area contributed by atoms with Crippen molar-refractivity contribution in [2.45, 2.75) is 10.1 Å². The summed E-state index contributed by atoms with van der Waals surface area (Å²) in [5.74, 6) is 0.641. The van der Waals surface area contributed by atoms with Crippen molar-refractivity contribution in [2.24, 2.45) is 0 Å². The highest BCUT2D eigenvalue weighted by Gasteiger charge is 2.11. The monoisotopic (exact) mass is 576 g/mol. The quantitative estimate of drug-likeness (QED) is 0.252. The number of rotatable bonds is 5. The number of hydrogen-bond acceptors (Lipinski definition) is 6. The highest BCUT2D eigenvalue weighted by atomic mass is 79.9. The SMILES string of the molecule is C1COCCO1.O=C(Nc1ccc2nc(SCc3ccc(Br)cc3)sc2c1)c1ccccc1Cl. The molecule has 0 radical (unpaired) electrons. The molecule has 9 heteroatoms. The van der Waals surface area contributed by atoms with Gasteiger partial charge in [-0.05, 0) is 48.0 Å². The molecule has 1 aliphatic heterocycles. The van der Waals surface area contributed by atoms with Gasteiger partial charge in [-0.1, -0.05) is 63.6 Å². The fourth-order valence-corrected chi connectivity index (χ4v) is 5.60. The highest BCUT2D eigenvalue weighted by molar-refractivity contribution is 9.10. The van der Waals surface area contributed by atoms with Gasteiger partial charge in [-0.15, -0.1) is 11.3 Å². The van der Waals surface area contributed by atoms with E-state index in [-0.39, 0.29) is 5.91 Å². The van der Waals surface area contributed by atoms with Gasteiger partial charge in [0.25, 0.3) is 5.91 Å². The Bertz CT molecular complexity index is 1240. The fraction of sp³-hybridized carbons (Fsp3) is 0.200. The summed E-state index contributed by atoms with van der Waals surface area (Å²) in [6.07, 6.45) is 0. The Morgan fingerprint density at radius 2 is 1.74 bits per heavy atom. The van der Waals surface area contributed by atoms with Crippen LogP contribution < -0.4 is 5.32 Å². The first-order valence-corrected chi connectivity index (χ1v) is 13.5. The Labute approximate surface area is 220 Å². The topological polar surface area (TPSA) is 60.5 Å². The van der Waals surface area contributed by atoms with Crippen molar-refractivity contribution in [3.8, 4) is 0 Å². The largest absolute Gasteiger partial charge is 0.377 e. The first-order valence-electron chi connectivity index (χ1n) is 10.6. The molecule has 4 aromatic rings. The lowest BCUT2D eigenvalue weighted by Gasteiger charge is -2.09. The maximum Gasteiger partial charge on any atom is 0.257 e. The molecule has 1 amide bonds. The van der Waals surface area contributed by atoms with E-state index in [0.717, 1.165) is 56.9 Å². The molecular weight excluding hydrogens is 556 g/mol. The summed E-state index contributed by atoms with van der Waals surface area (Å²) in [4.78, 5) is 17.1.